The fourth-order valence-electron chi connectivity index (χ4n) is 1.94. The molecule has 8 heteroatoms. The second kappa shape index (κ2) is 9.57. The number of primary amides is 1. The molecule has 0 bridgehead atoms. The molecule has 0 aliphatic heterocycles. The van der Waals surface area contributed by atoms with Crippen molar-refractivity contribution in [1.82, 2.24) is 5.43 Å². The van der Waals surface area contributed by atoms with Crippen LogP contribution >= 0.6 is 15.9 Å². The van der Waals surface area contributed by atoms with Crippen LogP contribution in [0.5, 0.6) is 11.5 Å². The highest BCUT2D eigenvalue weighted by Crippen LogP contribution is 2.25. The van der Waals surface area contributed by atoms with Crippen LogP contribution in [0.4, 0.5) is 0 Å². The van der Waals surface area contributed by atoms with E-state index in [2.05, 4.69) is 26.5 Å². The zero-order valence-corrected chi connectivity index (χ0v) is 15.7. The first-order chi connectivity index (χ1) is 12.5. The zero-order chi connectivity index (χ0) is 18.9. The van der Waals surface area contributed by atoms with Crippen LogP contribution in [0.25, 0.3) is 0 Å². The van der Waals surface area contributed by atoms with Gasteiger partial charge in [0, 0.05) is 0 Å². The lowest BCUT2D eigenvalue weighted by Gasteiger charge is -2.07. The predicted molar refractivity (Wildman–Crippen MR) is 101 cm³/mol. The van der Waals surface area contributed by atoms with Crippen LogP contribution in [-0.2, 0) is 9.59 Å². The molecule has 0 spiro atoms. The fraction of sp³-hybridized carbons (Fsp3) is 0.167. The molecule has 7 nitrogen and oxygen atoms in total. The van der Waals surface area contributed by atoms with Crippen LogP contribution < -0.4 is 20.6 Å². The number of hydrazone groups is 1. The summed E-state index contributed by atoms with van der Waals surface area (Å²) in [4.78, 5) is 22.5. The Balaban J connectivity index is 1.83. The van der Waals surface area contributed by atoms with E-state index in [1.165, 1.54) is 6.21 Å². The van der Waals surface area contributed by atoms with E-state index in [9.17, 15) is 9.59 Å². The summed E-state index contributed by atoms with van der Waals surface area (Å²) in [7, 11) is 0. The summed E-state index contributed by atoms with van der Waals surface area (Å²) in [6.45, 7) is 1.56. The van der Waals surface area contributed by atoms with Gasteiger partial charge in [-0.25, -0.2) is 5.43 Å². The summed E-state index contributed by atoms with van der Waals surface area (Å²) in [6, 6.07) is 12.6. The minimum atomic E-state index is -0.557. The highest BCUT2D eigenvalue weighted by molar-refractivity contribution is 9.10. The van der Waals surface area contributed by atoms with Crippen molar-refractivity contribution >= 4 is 34.0 Å². The molecule has 0 atom stereocenters. The number of nitrogens with two attached hydrogens (primary N) is 1. The van der Waals surface area contributed by atoms with Gasteiger partial charge in [-0.1, -0.05) is 18.2 Å². The number of carbonyl (C=O) groups is 2. The van der Waals surface area contributed by atoms with E-state index in [1.807, 2.05) is 25.1 Å². The number of ether oxygens (including phenoxy) is 2. The molecule has 0 radical (unpaired) electrons. The van der Waals surface area contributed by atoms with E-state index in [4.69, 9.17) is 15.2 Å². The summed E-state index contributed by atoms with van der Waals surface area (Å²) >= 11 is 3.33. The first-order valence-electron chi connectivity index (χ1n) is 7.66. The number of halogens is 1. The third-order valence-electron chi connectivity index (χ3n) is 3.18. The first-order valence-corrected chi connectivity index (χ1v) is 8.46. The van der Waals surface area contributed by atoms with E-state index >= 15 is 0 Å². The molecule has 0 heterocycles. The number of nitrogens with one attached hydrogen (secondary N) is 1. The normalized spacial score (nSPS) is 10.5. The van der Waals surface area contributed by atoms with Gasteiger partial charge >= 0.3 is 0 Å². The molecule has 3 N–H and O–H groups in total. The maximum atomic E-state index is 11.8. The topological polar surface area (TPSA) is 103 Å². The lowest BCUT2D eigenvalue weighted by Crippen LogP contribution is -2.24. The maximum Gasteiger partial charge on any atom is 0.277 e. The van der Waals surface area contributed by atoms with Gasteiger partial charge in [-0.2, -0.15) is 5.10 Å². The summed E-state index contributed by atoms with van der Waals surface area (Å²) in [5.41, 5.74) is 9.10. The van der Waals surface area contributed by atoms with Gasteiger partial charge in [-0.3, -0.25) is 9.59 Å². The van der Waals surface area contributed by atoms with E-state index in [0.717, 1.165) is 11.1 Å². The second-order valence-electron chi connectivity index (χ2n) is 5.29. The minimum Gasteiger partial charge on any atom is -0.483 e. The third kappa shape index (κ3) is 6.21. The van der Waals surface area contributed by atoms with Crippen LogP contribution in [0.2, 0.25) is 0 Å². The van der Waals surface area contributed by atoms with Gasteiger partial charge in [-0.15, -0.1) is 0 Å². The van der Waals surface area contributed by atoms with Crippen LogP contribution in [-0.4, -0.2) is 31.2 Å². The van der Waals surface area contributed by atoms with Gasteiger partial charge < -0.3 is 15.2 Å². The van der Waals surface area contributed by atoms with E-state index in [0.29, 0.717) is 16.0 Å². The molecule has 2 aromatic carbocycles. The predicted octanol–water partition coefficient (Wildman–Crippen LogP) is 2.15. The van der Waals surface area contributed by atoms with Crippen molar-refractivity contribution < 1.29 is 19.1 Å². The number of hydrogen-bond acceptors (Lipinski definition) is 5. The maximum absolute atomic E-state index is 11.8. The molecule has 0 aliphatic rings. The molecule has 0 saturated heterocycles. The van der Waals surface area contributed by atoms with Crippen molar-refractivity contribution in [2.75, 3.05) is 13.2 Å². The first kappa shape index (κ1) is 19.5. The number of aryl methyl sites for hydroxylation is 1. The fourth-order valence-corrected chi connectivity index (χ4v) is 2.45. The molecule has 0 saturated carbocycles. The molecular formula is C18H18BrN3O4. The van der Waals surface area contributed by atoms with Crippen molar-refractivity contribution in [3.05, 3.63) is 58.1 Å². The van der Waals surface area contributed by atoms with Crippen LogP contribution in [0, 0.1) is 6.92 Å². The Morgan fingerprint density at radius 1 is 1.15 bits per heavy atom. The molecule has 136 valence electrons. The summed E-state index contributed by atoms with van der Waals surface area (Å²) < 4.78 is 11.3. The van der Waals surface area contributed by atoms with E-state index in [-0.39, 0.29) is 19.1 Å². The number of rotatable bonds is 8. The van der Waals surface area contributed by atoms with Crippen molar-refractivity contribution in [1.29, 1.82) is 0 Å². The molecule has 0 fully saturated rings. The Labute approximate surface area is 159 Å². The van der Waals surface area contributed by atoms with Crippen molar-refractivity contribution in [3.8, 4) is 11.5 Å². The minimum absolute atomic E-state index is 0.133. The average Bonchev–Trinajstić information content (AvgIpc) is 2.60. The number of nitrogens with zero attached hydrogens (tertiary/aromatic N) is 1. The van der Waals surface area contributed by atoms with E-state index < -0.39 is 5.91 Å². The largest absolute Gasteiger partial charge is 0.483 e. The Morgan fingerprint density at radius 3 is 2.58 bits per heavy atom. The Bertz CT molecular complexity index is 824. The highest BCUT2D eigenvalue weighted by Gasteiger charge is 2.05. The molecule has 0 unspecified atom stereocenters. The molecule has 26 heavy (non-hydrogen) atoms. The molecule has 2 aromatic rings. The van der Waals surface area contributed by atoms with Crippen LogP contribution in [0.15, 0.2) is 52.0 Å². The smallest absolute Gasteiger partial charge is 0.277 e. The number of para-hydroxylation sites is 1. The van der Waals surface area contributed by atoms with Crippen LogP contribution in [0.1, 0.15) is 11.1 Å². The van der Waals surface area contributed by atoms with Gasteiger partial charge in [0.15, 0.2) is 13.2 Å². The zero-order valence-electron chi connectivity index (χ0n) is 14.1. The number of benzene rings is 2. The van der Waals surface area contributed by atoms with Crippen LogP contribution in [0.3, 0.4) is 0 Å². The van der Waals surface area contributed by atoms with Crippen molar-refractivity contribution in [2.45, 2.75) is 6.92 Å². The monoisotopic (exact) mass is 419 g/mol. The van der Waals surface area contributed by atoms with Gasteiger partial charge in [-0.05, 0) is 58.2 Å². The third-order valence-corrected chi connectivity index (χ3v) is 3.80. The Morgan fingerprint density at radius 2 is 1.88 bits per heavy atom. The van der Waals surface area contributed by atoms with Crippen molar-refractivity contribution in [3.63, 3.8) is 0 Å². The number of carbonyl (C=O) groups excluding carboxylic acids is 2. The summed E-state index contributed by atoms with van der Waals surface area (Å²) in [6.07, 6.45) is 1.48. The quantitative estimate of drug-likeness (QED) is 0.505. The highest BCUT2D eigenvalue weighted by atomic mass is 79.9. The van der Waals surface area contributed by atoms with Gasteiger partial charge in [0.05, 0.1) is 10.7 Å². The molecule has 0 aromatic heterocycles. The van der Waals surface area contributed by atoms with Gasteiger partial charge in [0.2, 0.25) is 0 Å². The average molecular weight is 420 g/mol. The molecular weight excluding hydrogens is 402 g/mol. The SMILES string of the molecule is Cc1ccccc1OCC(=O)N/N=C/c1ccc(OCC(N)=O)c(Br)c1. The Hall–Kier alpha value is -2.87. The summed E-state index contributed by atoms with van der Waals surface area (Å²) in [5, 5.41) is 3.88. The van der Waals surface area contributed by atoms with Gasteiger partial charge in [0.25, 0.3) is 11.8 Å². The lowest BCUT2D eigenvalue weighted by atomic mass is 10.2. The molecule has 2 rings (SSSR count). The number of hydrogen-bond donors (Lipinski definition) is 2. The molecule has 0 aliphatic carbocycles. The molecule has 2 amide bonds. The summed E-state index contributed by atoms with van der Waals surface area (Å²) in [5.74, 6) is 0.210. The van der Waals surface area contributed by atoms with Crippen molar-refractivity contribution in [2.24, 2.45) is 10.8 Å². The van der Waals surface area contributed by atoms with E-state index in [1.54, 1.807) is 24.3 Å². The second-order valence-corrected chi connectivity index (χ2v) is 6.15. The number of amides is 2. The standard InChI is InChI=1S/C18H18BrN3O4/c1-12-4-2-3-5-15(12)26-11-18(24)22-21-9-13-6-7-16(14(19)8-13)25-10-17(20)23/h2-9H,10-11H2,1H3,(H2,20,23)(H,22,24)/b21-9+. The van der Waals surface area contributed by atoms with Gasteiger partial charge in [0.1, 0.15) is 11.5 Å². The Kier molecular flexibility index (Phi) is 7.16. The lowest BCUT2D eigenvalue weighted by molar-refractivity contribution is -0.123.